The van der Waals surface area contributed by atoms with Gasteiger partial charge in [-0.15, -0.1) is 0 Å². The molecule has 0 unspecified atom stereocenters. The van der Waals surface area contributed by atoms with Gasteiger partial charge in [0.05, 0.1) is 42.9 Å². The van der Waals surface area contributed by atoms with Gasteiger partial charge in [-0.2, -0.15) is 0 Å². The number of hydrogen-bond acceptors (Lipinski definition) is 14. The van der Waals surface area contributed by atoms with Crippen LogP contribution in [0.1, 0.15) is 96.2 Å². The number of benzene rings is 1. The molecule has 0 spiro atoms. The van der Waals surface area contributed by atoms with Gasteiger partial charge in [-0.1, -0.05) is 26.0 Å². The highest BCUT2D eigenvalue weighted by atomic mass is 16.4. The average Bonchev–Trinajstić information content (AvgIpc) is 3.77. The third-order valence-electron chi connectivity index (χ3n) is 11.1. The number of Topliss-reactive ketones (excluding diaryl/α,β-unsaturated/α-hetero) is 3. The van der Waals surface area contributed by atoms with Crippen molar-refractivity contribution in [2.24, 2.45) is 51.6 Å². The van der Waals surface area contributed by atoms with E-state index in [2.05, 4.69) is 36.2 Å². The number of aromatic amines is 1. The molecule has 0 saturated carbocycles. The lowest BCUT2D eigenvalue weighted by molar-refractivity contribution is -0.142. The van der Waals surface area contributed by atoms with Gasteiger partial charge >= 0.3 is 5.97 Å². The summed E-state index contributed by atoms with van der Waals surface area (Å²) < 4.78 is 0. The van der Waals surface area contributed by atoms with E-state index in [0.29, 0.717) is 24.1 Å². The van der Waals surface area contributed by atoms with Crippen LogP contribution in [-0.2, 0) is 51.2 Å². The summed E-state index contributed by atoms with van der Waals surface area (Å²) in [5, 5.41) is 40.4. The molecule has 0 aliphatic carbocycles. The number of rotatable bonds is 34. The molecule has 0 fully saturated rings. The number of amides is 4. The number of imidazole rings is 1. The largest absolute Gasteiger partial charge is 0.508 e. The lowest BCUT2D eigenvalue weighted by atomic mass is 9.87. The first-order chi connectivity index (χ1) is 31.6. The number of aliphatic imine (C=N–C) groups is 1. The summed E-state index contributed by atoms with van der Waals surface area (Å²) in [6, 6.07) is 1.24. The summed E-state index contributed by atoms with van der Waals surface area (Å²) in [7, 11) is 1.43. The number of nitrogens with one attached hydrogen (secondary N) is 5. The van der Waals surface area contributed by atoms with Crippen LogP contribution >= 0.6 is 0 Å². The van der Waals surface area contributed by atoms with E-state index in [4.69, 9.17) is 22.9 Å². The van der Waals surface area contributed by atoms with E-state index in [1.807, 2.05) is 13.8 Å². The molecule has 372 valence electrons. The molecular formula is C45H71N11O11. The number of unbranched alkanes of at least 4 members (excludes halogenated alkanes) is 1. The Morgan fingerprint density at radius 1 is 0.731 bits per heavy atom. The predicted molar refractivity (Wildman–Crippen MR) is 247 cm³/mol. The maximum atomic E-state index is 14.5. The van der Waals surface area contributed by atoms with Crippen LogP contribution in [0, 0.1) is 23.7 Å². The Labute approximate surface area is 390 Å². The first kappa shape index (κ1) is 56.9. The van der Waals surface area contributed by atoms with Gasteiger partial charge in [0.2, 0.25) is 23.6 Å². The zero-order valence-corrected chi connectivity index (χ0v) is 38.9. The number of aromatic hydroxyl groups is 1. The molecule has 22 heteroatoms. The molecule has 1 aromatic carbocycles. The minimum atomic E-state index is -1.41. The van der Waals surface area contributed by atoms with Crippen molar-refractivity contribution >= 4 is 52.9 Å². The summed E-state index contributed by atoms with van der Waals surface area (Å²) >= 11 is 0. The molecule has 22 nitrogen and oxygen atoms in total. The molecule has 2 rings (SSSR count). The summed E-state index contributed by atoms with van der Waals surface area (Å²) in [4.78, 5) is 119. The van der Waals surface area contributed by atoms with Gasteiger partial charge in [0, 0.05) is 56.0 Å². The van der Waals surface area contributed by atoms with Crippen LogP contribution in [0.15, 0.2) is 41.8 Å². The second-order valence-corrected chi connectivity index (χ2v) is 17.3. The number of aliphatic hydroxyl groups is 1. The Hall–Kier alpha value is -6.26. The molecule has 4 amide bonds. The molecule has 0 radical (unpaired) electrons. The summed E-state index contributed by atoms with van der Waals surface area (Å²) in [5.41, 5.74) is 23.5. The number of hydrogen-bond donors (Lipinski definition) is 12. The SMILES string of the molecule is CN[C@H](C(=O)C[C@@H](CC(=O)O)C(=O)N[C@@H](CCCCN)C(=O)C[C@@H](Cc1ccc(O)cc1)C(=O)N[C@@H](CCCN=C(N)N)C(=O)C[C@@H](CC(C)C)C(=O)N[C@@H](Cc1cnc[nH]1)C(N)=O)[C@@H](C)O. The first-order valence-corrected chi connectivity index (χ1v) is 22.5. The number of ketones is 3. The van der Waals surface area contributed by atoms with Crippen LogP contribution in [0.4, 0.5) is 0 Å². The number of aliphatic hydroxyl groups excluding tert-OH is 1. The number of primary amides is 1. The van der Waals surface area contributed by atoms with E-state index in [1.165, 1.54) is 38.6 Å². The Balaban J connectivity index is 2.51. The van der Waals surface area contributed by atoms with E-state index >= 15 is 0 Å². The number of phenolic OH excluding ortho intramolecular Hbond substituents is 1. The van der Waals surface area contributed by atoms with Crippen molar-refractivity contribution in [3.05, 3.63) is 48.0 Å². The molecule has 67 heavy (non-hydrogen) atoms. The van der Waals surface area contributed by atoms with Crippen molar-refractivity contribution in [1.82, 2.24) is 31.2 Å². The summed E-state index contributed by atoms with van der Waals surface area (Å²) in [6.07, 6.45) is 0.892. The van der Waals surface area contributed by atoms with E-state index < -0.39 is 114 Å². The number of guanidine groups is 1. The molecule has 8 atom stereocenters. The number of carbonyl (C=O) groups excluding carboxylic acids is 7. The Morgan fingerprint density at radius 3 is 1.79 bits per heavy atom. The summed E-state index contributed by atoms with van der Waals surface area (Å²) in [6.45, 7) is 5.43. The number of likely N-dealkylation sites (N-methyl/N-ethyl adjacent to an activating group) is 1. The van der Waals surface area contributed by atoms with Crippen molar-refractivity contribution < 1.29 is 53.7 Å². The average molecular weight is 942 g/mol. The molecule has 1 aromatic heterocycles. The second-order valence-electron chi connectivity index (χ2n) is 17.3. The van der Waals surface area contributed by atoms with Gasteiger partial charge in [0.15, 0.2) is 23.3 Å². The fourth-order valence-corrected chi connectivity index (χ4v) is 7.64. The normalized spacial score (nSPS) is 14.9. The monoisotopic (exact) mass is 942 g/mol. The van der Waals surface area contributed by atoms with Crippen LogP contribution in [-0.4, -0.2) is 129 Å². The van der Waals surface area contributed by atoms with Crippen molar-refractivity contribution in [3.63, 3.8) is 0 Å². The highest BCUT2D eigenvalue weighted by Gasteiger charge is 2.35. The van der Waals surface area contributed by atoms with Crippen molar-refractivity contribution in [2.75, 3.05) is 20.1 Å². The van der Waals surface area contributed by atoms with Crippen LogP contribution in [0.5, 0.6) is 5.75 Å². The fraction of sp³-hybridized carbons (Fsp3) is 0.600. The first-order valence-electron chi connectivity index (χ1n) is 22.5. The Kier molecular flexibility index (Phi) is 24.9. The van der Waals surface area contributed by atoms with Crippen molar-refractivity contribution in [3.8, 4) is 5.75 Å². The molecule has 2 aromatic rings. The van der Waals surface area contributed by atoms with Crippen LogP contribution in [0.25, 0.3) is 0 Å². The van der Waals surface area contributed by atoms with E-state index in [-0.39, 0.29) is 75.7 Å². The number of aliphatic carboxylic acids is 1. The standard InChI is InChI=1S/C45H71N11O11/c1-25(2)16-28(42(65)56-35(41(47)64)22-31-23-51-24-53-31)18-36(59)34(9-7-15-52-45(48)49)55-43(66)29(17-27-10-12-32(58)13-11-27)19-37(60)33(8-5-6-14-46)54-44(67)30(21-39(62)63)20-38(61)40(50-4)26(3)57/h10-13,23-26,28-30,33-35,40,50,57-58H,5-9,14-22,46H2,1-4H3,(H2,47,64)(H,51,53)(H,54,67)(H,55,66)(H,56,65)(H,62,63)(H4,48,49,52)/t26-,28-,29-,30+,33+,34+,35+,40+/m1/s1. The van der Waals surface area contributed by atoms with Gasteiger partial charge in [-0.05, 0) is 89.1 Å². The number of carboxylic acid groups (broad SMARTS) is 1. The van der Waals surface area contributed by atoms with Crippen LogP contribution in [0.3, 0.4) is 0 Å². The van der Waals surface area contributed by atoms with E-state index in [1.54, 1.807) is 12.1 Å². The number of nitrogens with zero attached hydrogens (tertiary/aromatic N) is 2. The highest BCUT2D eigenvalue weighted by molar-refractivity contribution is 5.97. The van der Waals surface area contributed by atoms with Gasteiger partial charge in [-0.25, -0.2) is 4.98 Å². The topological polar surface area (TPSA) is 390 Å². The number of carboxylic acids is 1. The third kappa shape index (κ3) is 21.3. The molecule has 0 aliphatic heterocycles. The lowest BCUT2D eigenvalue weighted by Crippen LogP contribution is -2.50. The van der Waals surface area contributed by atoms with E-state index in [0.717, 1.165) is 0 Å². The highest BCUT2D eigenvalue weighted by Crippen LogP contribution is 2.23. The Bertz CT molecular complexity index is 1950. The molecule has 0 aliphatic rings. The molecule has 0 bridgehead atoms. The molecule has 16 N–H and O–H groups in total. The minimum Gasteiger partial charge on any atom is -0.508 e. The fourth-order valence-electron chi connectivity index (χ4n) is 7.64. The van der Waals surface area contributed by atoms with Gasteiger partial charge in [0.25, 0.3) is 0 Å². The molecule has 0 saturated heterocycles. The maximum absolute atomic E-state index is 14.5. The maximum Gasteiger partial charge on any atom is 0.304 e. The third-order valence-corrected chi connectivity index (χ3v) is 11.1. The zero-order chi connectivity index (χ0) is 50.2. The van der Waals surface area contributed by atoms with Gasteiger partial charge < -0.3 is 64.5 Å². The smallest absolute Gasteiger partial charge is 0.304 e. The van der Waals surface area contributed by atoms with Crippen LogP contribution in [0.2, 0.25) is 0 Å². The van der Waals surface area contributed by atoms with Gasteiger partial charge in [0.1, 0.15) is 11.8 Å². The second kappa shape index (κ2) is 29.4. The Morgan fingerprint density at radius 2 is 1.28 bits per heavy atom. The van der Waals surface area contributed by atoms with Gasteiger partial charge in [-0.3, -0.25) is 43.3 Å². The number of carbonyl (C=O) groups is 8. The number of phenols is 1. The van der Waals surface area contributed by atoms with Crippen LogP contribution < -0.4 is 44.2 Å². The summed E-state index contributed by atoms with van der Waals surface area (Å²) in [5.74, 6) is -10.0. The molecular weight excluding hydrogens is 871 g/mol. The van der Waals surface area contributed by atoms with E-state index in [9.17, 15) is 53.7 Å². The van der Waals surface area contributed by atoms with Crippen molar-refractivity contribution in [2.45, 2.75) is 128 Å². The molecule has 1 heterocycles. The van der Waals surface area contributed by atoms with Crippen molar-refractivity contribution in [1.29, 1.82) is 0 Å². The lowest BCUT2D eigenvalue weighted by Gasteiger charge is -2.27. The quantitative estimate of drug-likeness (QED) is 0.0233. The minimum absolute atomic E-state index is 0.0197. The number of H-pyrrole nitrogens is 1. The number of aromatic nitrogens is 2. The zero-order valence-electron chi connectivity index (χ0n) is 38.9. The predicted octanol–water partition coefficient (Wildman–Crippen LogP) is -0.761. The number of nitrogens with two attached hydrogens (primary N) is 4.